The fourth-order valence-electron chi connectivity index (χ4n) is 3.08. The van der Waals surface area contributed by atoms with Gasteiger partial charge in [0.1, 0.15) is 16.8 Å². The normalized spacial score (nSPS) is 10.7. The number of nitrogens with zero attached hydrogens (tertiary/aromatic N) is 2. The van der Waals surface area contributed by atoms with Crippen molar-refractivity contribution in [2.24, 2.45) is 0 Å². The molecule has 1 N–H and O–H groups in total. The monoisotopic (exact) mass is 425 g/mol. The molecule has 0 saturated carbocycles. The lowest BCUT2D eigenvalue weighted by atomic mass is 10.2. The number of amides is 1. The van der Waals surface area contributed by atoms with Crippen LogP contribution in [0, 0.1) is 25.2 Å². The predicted octanol–water partition coefficient (Wildman–Crippen LogP) is 4.95. The number of benzene rings is 1. The molecule has 3 rings (SSSR count). The molecule has 0 radical (unpaired) electrons. The van der Waals surface area contributed by atoms with Gasteiger partial charge in [0.15, 0.2) is 0 Å². The third kappa shape index (κ3) is 5.24. The Morgan fingerprint density at radius 1 is 1.21 bits per heavy atom. The van der Waals surface area contributed by atoms with Crippen LogP contribution in [0.2, 0.25) is 0 Å². The van der Waals surface area contributed by atoms with E-state index in [9.17, 15) is 10.1 Å². The SMILES string of the molecule is COc1ccccc1CN(CC(=O)Nc1sc(C)c(C)c1C#N)Cc1cccs1. The molecule has 2 heterocycles. The van der Waals surface area contributed by atoms with E-state index in [4.69, 9.17) is 4.74 Å². The molecule has 5 nitrogen and oxygen atoms in total. The van der Waals surface area contributed by atoms with Gasteiger partial charge >= 0.3 is 0 Å². The molecule has 0 bridgehead atoms. The van der Waals surface area contributed by atoms with Gasteiger partial charge in [-0.15, -0.1) is 22.7 Å². The summed E-state index contributed by atoms with van der Waals surface area (Å²) in [6, 6.07) is 14.1. The van der Waals surface area contributed by atoms with E-state index >= 15 is 0 Å². The first-order chi connectivity index (χ1) is 14.0. The van der Waals surface area contributed by atoms with Crippen molar-refractivity contribution in [3.63, 3.8) is 0 Å². The maximum absolute atomic E-state index is 12.8. The molecule has 0 aliphatic carbocycles. The van der Waals surface area contributed by atoms with E-state index < -0.39 is 0 Å². The Balaban J connectivity index is 1.76. The molecule has 1 amide bonds. The van der Waals surface area contributed by atoms with Gasteiger partial charge in [0.25, 0.3) is 0 Å². The van der Waals surface area contributed by atoms with Crippen LogP contribution in [-0.2, 0) is 17.9 Å². The Labute approximate surface area is 179 Å². The van der Waals surface area contributed by atoms with Crippen molar-refractivity contribution >= 4 is 33.6 Å². The van der Waals surface area contributed by atoms with Gasteiger partial charge in [-0.25, -0.2) is 0 Å². The fourth-order valence-corrected chi connectivity index (χ4v) is 4.86. The first kappa shape index (κ1) is 21.1. The first-order valence-electron chi connectivity index (χ1n) is 9.18. The number of hydrogen-bond acceptors (Lipinski definition) is 6. The zero-order valence-corrected chi connectivity index (χ0v) is 18.3. The van der Waals surface area contributed by atoms with Crippen LogP contribution in [-0.4, -0.2) is 24.5 Å². The highest BCUT2D eigenvalue weighted by Crippen LogP contribution is 2.31. The molecule has 0 fully saturated rings. The summed E-state index contributed by atoms with van der Waals surface area (Å²) >= 11 is 3.11. The minimum Gasteiger partial charge on any atom is -0.496 e. The Morgan fingerprint density at radius 2 is 2.00 bits per heavy atom. The zero-order valence-electron chi connectivity index (χ0n) is 16.7. The van der Waals surface area contributed by atoms with Gasteiger partial charge in [-0.05, 0) is 36.9 Å². The number of nitrogens with one attached hydrogen (secondary N) is 1. The largest absolute Gasteiger partial charge is 0.496 e. The van der Waals surface area contributed by atoms with E-state index in [1.807, 2.05) is 49.6 Å². The molecule has 1 aromatic carbocycles. The number of nitriles is 1. The van der Waals surface area contributed by atoms with Crippen molar-refractivity contribution in [2.75, 3.05) is 19.0 Å². The second-order valence-corrected chi connectivity index (χ2v) is 8.94. The van der Waals surface area contributed by atoms with Crippen LogP contribution in [0.15, 0.2) is 41.8 Å². The molecule has 0 aliphatic rings. The van der Waals surface area contributed by atoms with Crippen LogP contribution in [0.5, 0.6) is 5.75 Å². The number of para-hydroxylation sites is 1. The summed E-state index contributed by atoms with van der Waals surface area (Å²) in [5.74, 6) is 0.676. The molecule has 0 unspecified atom stereocenters. The van der Waals surface area contributed by atoms with Crippen molar-refractivity contribution in [3.05, 3.63) is 68.2 Å². The van der Waals surface area contributed by atoms with Crippen molar-refractivity contribution < 1.29 is 9.53 Å². The molecule has 7 heteroatoms. The maximum Gasteiger partial charge on any atom is 0.239 e. The molecule has 0 spiro atoms. The molecule has 2 aromatic heterocycles. The first-order valence-corrected chi connectivity index (χ1v) is 10.9. The number of rotatable bonds is 8. The molecular formula is C22H23N3O2S2. The molecular weight excluding hydrogens is 402 g/mol. The van der Waals surface area contributed by atoms with Crippen LogP contribution < -0.4 is 10.1 Å². The van der Waals surface area contributed by atoms with E-state index in [1.165, 1.54) is 16.2 Å². The van der Waals surface area contributed by atoms with E-state index in [1.54, 1.807) is 18.4 Å². The Hall–Kier alpha value is -2.66. The number of carbonyl (C=O) groups excluding carboxylic acids is 1. The number of ether oxygens (including phenoxy) is 1. The van der Waals surface area contributed by atoms with Crippen LogP contribution in [0.25, 0.3) is 0 Å². The number of methoxy groups -OCH3 is 1. The van der Waals surface area contributed by atoms with E-state index in [0.29, 0.717) is 23.7 Å². The summed E-state index contributed by atoms with van der Waals surface area (Å²) in [4.78, 5) is 17.1. The van der Waals surface area contributed by atoms with Crippen LogP contribution in [0.4, 0.5) is 5.00 Å². The summed E-state index contributed by atoms with van der Waals surface area (Å²) in [7, 11) is 1.65. The topological polar surface area (TPSA) is 65.4 Å². The second-order valence-electron chi connectivity index (χ2n) is 6.68. The lowest BCUT2D eigenvalue weighted by Crippen LogP contribution is -2.32. The fraction of sp³-hybridized carbons (Fsp3) is 0.273. The number of thiophene rings is 2. The maximum atomic E-state index is 12.8. The summed E-state index contributed by atoms with van der Waals surface area (Å²) < 4.78 is 5.47. The summed E-state index contributed by atoms with van der Waals surface area (Å²) in [6.07, 6.45) is 0. The predicted molar refractivity (Wildman–Crippen MR) is 119 cm³/mol. The van der Waals surface area contributed by atoms with E-state index in [-0.39, 0.29) is 12.5 Å². The van der Waals surface area contributed by atoms with Gasteiger partial charge in [0.05, 0.1) is 19.2 Å². The van der Waals surface area contributed by atoms with Gasteiger partial charge in [0, 0.05) is 28.4 Å². The molecule has 0 atom stereocenters. The van der Waals surface area contributed by atoms with Crippen LogP contribution in [0.3, 0.4) is 0 Å². The number of aryl methyl sites for hydroxylation is 1. The zero-order chi connectivity index (χ0) is 20.8. The van der Waals surface area contributed by atoms with E-state index in [2.05, 4.69) is 22.4 Å². The Kier molecular flexibility index (Phi) is 7.04. The van der Waals surface area contributed by atoms with Gasteiger partial charge in [-0.2, -0.15) is 5.26 Å². The van der Waals surface area contributed by atoms with Crippen molar-refractivity contribution in [1.29, 1.82) is 5.26 Å². The summed E-state index contributed by atoms with van der Waals surface area (Å²) in [5.41, 5.74) is 2.51. The third-order valence-corrected chi connectivity index (χ3v) is 6.65. The molecule has 29 heavy (non-hydrogen) atoms. The molecule has 0 aliphatic heterocycles. The average molecular weight is 426 g/mol. The number of anilines is 1. The Morgan fingerprint density at radius 3 is 2.69 bits per heavy atom. The molecule has 3 aromatic rings. The van der Waals surface area contributed by atoms with Gasteiger partial charge < -0.3 is 10.1 Å². The Bertz CT molecular complexity index is 1020. The minimum absolute atomic E-state index is 0.130. The van der Waals surface area contributed by atoms with Crippen LogP contribution in [0.1, 0.15) is 26.4 Å². The van der Waals surface area contributed by atoms with Gasteiger partial charge in [-0.1, -0.05) is 24.3 Å². The van der Waals surface area contributed by atoms with Crippen LogP contribution >= 0.6 is 22.7 Å². The molecule has 150 valence electrons. The van der Waals surface area contributed by atoms with Crippen molar-refractivity contribution in [3.8, 4) is 11.8 Å². The standard InChI is InChI=1S/C22H23N3O2S2/c1-15-16(2)29-22(19(15)11-23)24-21(26)14-25(13-18-8-6-10-28-18)12-17-7-4-5-9-20(17)27-3/h4-10H,12-14H2,1-3H3,(H,24,26). The smallest absolute Gasteiger partial charge is 0.239 e. The van der Waals surface area contributed by atoms with Crippen molar-refractivity contribution in [2.45, 2.75) is 26.9 Å². The highest BCUT2D eigenvalue weighted by molar-refractivity contribution is 7.16. The van der Waals surface area contributed by atoms with Gasteiger partial charge in [0.2, 0.25) is 5.91 Å². The van der Waals surface area contributed by atoms with Gasteiger partial charge in [-0.3, -0.25) is 9.69 Å². The average Bonchev–Trinajstić information content (AvgIpc) is 3.30. The lowest BCUT2D eigenvalue weighted by Gasteiger charge is -2.22. The summed E-state index contributed by atoms with van der Waals surface area (Å²) in [6.45, 7) is 5.34. The highest BCUT2D eigenvalue weighted by atomic mass is 32.1. The number of hydrogen-bond donors (Lipinski definition) is 1. The van der Waals surface area contributed by atoms with E-state index in [0.717, 1.165) is 21.8 Å². The quantitative estimate of drug-likeness (QED) is 0.555. The summed E-state index contributed by atoms with van der Waals surface area (Å²) in [5, 5.41) is 15.0. The third-order valence-electron chi connectivity index (χ3n) is 4.66. The second kappa shape index (κ2) is 9.70. The number of carbonyl (C=O) groups is 1. The highest BCUT2D eigenvalue weighted by Gasteiger charge is 2.18. The lowest BCUT2D eigenvalue weighted by molar-refractivity contribution is -0.117. The van der Waals surface area contributed by atoms with Crippen molar-refractivity contribution in [1.82, 2.24) is 4.90 Å². The minimum atomic E-state index is -0.130. The molecule has 0 saturated heterocycles.